The van der Waals surface area contributed by atoms with Gasteiger partial charge in [-0.15, -0.1) is 11.3 Å². The number of hydrogen-bond donors (Lipinski definition) is 1. The van der Waals surface area contributed by atoms with Crippen LogP contribution in [0, 0.1) is 12.7 Å². The van der Waals surface area contributed by atoms with Gasteiger partial charge < -0.3 is 5.11 Å². The second-order valence-electron chi connectivity index (χ2n) is 3.00. The molecule has 1 aromatic heterocycles. The van der Waals surface area contributed by atoms with Gasteiger partial charge in [-0.3, -0.25) is 0 Å². The van der Waals surface area contributed by atoms with Crippen LogP contribution in [-0.4, -0.2) is 11.1 Å². The maximum absolute atomic E-state index is 12.8. The van der Waals surface area contributed by atoms with Gasteiger partial charge in [0.15, 0.2) is 0 Å². The summed E-state index contributed by atoms with van der Waals surface area (Å²) >= 11 is 1.11. The molecule has 2 nitrogen and oxygen atoms in total. The average Bonchev–Trinajstić information content (AvgIpc) is 2.43. The van der Waals surface area contributed by atoms with E-state index in [1.807, 2.05) is 0 Å². The minimum absolute atomic E-state index is 0.283. The molecule has 0 amide bonds. The lowest BCUT2D eigenvalue weighted by Gasteiger charge is -1.91. The Morgan fingerprint density at radius 3 is 2.86 bits per heavy atom. The Balaban J connectivity index is 2.79. The van der Waals surface area contributed by atoms with Crippen molar-refractivity contribution in [3.05, 3.63) is 34.5 Å². The summed E-state index contributed by atoms with van der Waals surface area (Å²) in [6.07, 6.45) is 0. The number of hydrogen-bond acceptors (Lipinski definition) is 2. The zero-order valence-electron chi connectivity index (χ0n) is 7.37. The van der Waals surface area contributed by atoms with E-state index in [0.717, 1.165) is 16.7 Å². The monoisotopic (exact) mass is 210 g/mol. The van der Waals surface area contributed by atoms with Gasteiger partial charge in [0.2, 0.25) is 0 Å². The number of halogens is 1. The number of carbonyl (C=O) groups is 1. The maximum atomic E-state index is 12.8. The van der Waals surface area contributed by atoms with Crippen LogP contribution in [-0.2, 0) is 0 Å². The van der Waals surface area contributed by atoms with Crippen LogP contribution in [0.25, 0.3) is 10.1 Å². The summed E-state index contributed by atoms with van der Waals surface area (Å²) < 4.78 is 13.5. The zero-order valence-corrected chi connectivity index (χ0v) is 8.19. The molecule has 0 radical (unpaired) electrons. The molecule has 14 heavy (non-hydrogen) atoms. The Labute approximate surface area is 83.6 Å². The predicted octanol–water partition coefficient (Wildman–Crippen LogP) is 3.05. The third-order valence-corrected chi connectivity index (χ3v) is 3.34. The average molecular weight is 210 g/mol. The van der Waals surface area contributed by atoms with Gasteiger partial charge in [0.1, 0.15) is 10.7 Å². The van der Waals surface area contributed by atoms with Gasteiger partial charge in [0.25, 0.3) is 0 Å². The highest BCUT2D eigenvalue weighted by Crippen LogP contribution is 2.31. The maximum Gasteiger partial charge on any atom is 0.346 e. The smallest absolute Gasteiger partial charge is 0.346 e. The fourth-order valence-electron chi connectivity index (χ4n) is 1.40. The molecule has 2 rings (SSSR count). The van der Waals surface area contributed by atoms with Gasteiger partial charge in [-0.1, -0.05) is 6.07 Å². The number of rotatable bonds is 1. The van der Waals surface area contributed by atoms with E-state index in [1.54, 1.807) is 13.0 Å². The summed E-state index contributed by atoms with van der Waals surface area (Å²) in [6, 6.07) is 4.32. The summed E-state index contributed by atoms with van der Waals surface area (Å²) in [5, 5.41) is 9.67. The molecule has 0 aliphatic rings. The predicted molar refractivity (Wildman–Crippen MR) is 53.5 cm³/mol. The van der Waals surface area contributed by atoms with Crippen molar-refractivity contribution in [2.75, 3.05) is 0 Å². The summed E-state index contributed by atoms with van der Waals surface area (Å²) in [5.74, 6) is -1.29. The molecule has 2 aromatic rings. The molecule has 0 saturated heterocycles. The highest BCUT2D eigenvalue weighted by molar-refractivity contribution is 7.21. The highest BCUT2D eigenvalue weighted by Gasteiger charge is 2.14. The SMILES string of the molecule is Cc1c(C(=O)O)sc2cc(F)ccc12. The number of thiophene rings is 1. The largest absolute Gasteiger partial charge is 0.477 e. The molecular weight excluding hydrogens is 203 g/mol. The standard InChI is InChI=1S/C10H7FO2S/c1-5-7-3-2-6(11)4-8(7)14-9(5)10(12)13/h2-4H,1H3,(H,12,13). The molecule has 0 atom stereocenters. The third kappa shape index (κ3) is 1.28. The van der Waals surface area contributed by atoms with E-state index in [0.29, 0.717) is 10.3 Å². The first kappa shape index (κ1) is 9.15. The topological polar surface area (TPSA) is 37.3 Å². The Hall–Kier alpha value is -1.42. The van der Waals surface area contributed by atoms with Crippen molar-refractivity contribution in [3.63, 3.8) is 0 Å². The summed E-state index contributed by atoms with van der Waals surface area (Å²) in [4.78, 5) is 11.1. The molecule has 0 unspecified atom stereocenters. The number of fused-ring (bicyclic) bond motifs is 1. The van der Waals surface area contributed by atoms with Crippen LogP contribution < -0.4 is 0 Å². The third-order valence-electron chi connectivity index (χ3n) is 2.09. The molecule has 1 aromatic carbocycles. The second-order valence-corrected chi connectivity index (χ2v) is 4.05. The minimum Gasteiger partial charge on any atom is -0.477 e. The second kappa shape index (κ2) is 3.06. The molecule has 0 aliphatic carbocycles. The zero-order chi connectivity index (χ0) is 10.3. The van der Waals surface area contributed by atoms with Crippen LogP contribution in [0.5, 0.6) is 0 Å². The number of carboxylic acid groups (broad SMARTS) is 1. The van der Waals surface area contributed by atoms with Crippen molar-refractivity contribution in [1.29, 1.82) is 0 Å². The van der Waals surface area contributed by atoms with Crippen molar-refractivity contribution < 1.29 is 14.3 Å². The summed E-state index contributed by atoms with van der Waals surface area (Å²) in [7, 11) is 0. The van der Waals surface area contributed by atoms with E-state index in [2.05, 4.69) is 0 Å². The van der Waals surface area contributed by atoms with Gasteiger partial charge >= 0.3 is 5.97 Å². The molecule has 0 aliphatic heterocycles. The molecule has 72 valence electrons. The molecule has 1 heterocycles. The Morgan fingerprint density at radius 1 is 1.50 bits per heavy atom. The van der Waals surface area contributed by atoms with E-state index in [4.69, 9.17) is 5.11 Å². The van der Waals surface area contributed by atoms with Crippen LogP contribution in [0.3, 0.4) is 0 Å². The van der Waals surface area contributed by atoms with E-state index >= 15 is 0 Å². The first-order chi connectivity index (χ1) is 6.59. The fraction of sp³-hybridized carbons (Fsp3) is 0.100. The van der Waals surface area contributed by atoms with Gasteiger partial charge in [-0.05, 0) is 30.0 Å². The van der Waals surface area contributed by atoms with E-state index < -0.39 is 5.97 Å². The van der Waals surface area contributed by atoms with Crippen LogP contribution in [0.1, 0.15) is 15.2 Å². The first-order valence-electron chi connectivity index (χ1n) is 4.01. The minimum atomic E-state index is -0.955. The van der Waals surface area contributed by atoms with Crippen molar-refractivity contribution in [2.45, 2.75) is 6.92 Å². The van der Waals surface area contributed by atoms with Gasteiger partial charge in [-0.25, -0.2) is 9.18 Å². The van der Waals surface area contributed by atoms with Gasteiger partial charge in [0.05, 0.1) is 0 Å². The van der Waals surface area contributed by atoms with E-state index in [9.17, 15) is 9.18 Å². The Morgan fingerprint density at radius 2 is 2.21 bits per heavy atom. The lowest BCUT2D eigenvalue weighted by atomic mass is 10.1. The van der Waals surface area contributed by atoms with Crippen molar-refractivity contribution in [3.8, 4) is 0 Å². The van der Waals surface area contributed by atoms with Gasteiger partial charge in [-0.2, -0.15) is 0 Å². The fourth-order valence-corrected chi connectivity index (χ4v) is 2.48. The molecule has 0 fully saturated rings. The van der Waals surface area contributed by atoms with Crippen LogP contribution in [0.15, 0.2) is 18.2 Å². The lowest BCUT2D eigenvalue weighted by Crippen LogP contribution is -1.93. The Kier molecular flexibility index (Phi) is 2.00. The van der Waals surface area contributed by atoms with Crippen molar-refractivity contribution in [1.82, 2.24) is 0 Å². The van der Waals surface area contributed by atoms with Crippen molar-refractivity contribution >= 4 is 27.4 Å². The van der Waals surface area contributed by atoms with E-state index in [1.165, 1.54) is 12.1 Å². The molecule has 1 N–H and O–H groups in total. The number of aryl methyl sites for hydroxylation is 1. The molecule has 0 spiro atoms. The number of carboxylic acids is 1. The molecular formula is C10H7FO2S. The first-order valence-corrected chi connectivity index (χ1v) is 4.83. The summed E-state index contributed by atoms with van der Waals surface area (Å²) in [6.45, 7) is 1.74. The molecule has 0 saturated carbocycles. The van der Waals surface area contributed by atoms with Crippen LogP contribution >= 0.6 is 11.3 Å². The highest BCUT2D eigenvalue weighted by atomic mass is 32.1. The summed E-state index contributed by atoms with van der Waals surface area (Å²) in [5.41, 5.74) is 0.706. The van der Waals surface area contributed by atoms with E-state index in [-0.39, 0.29) is 10.7 Å². The Bertz CT molecular complexity index is 516. The number of benzene rings is 1. The van der Waals surface area contributed by atoms with Gasteiger partial charge in [0, 0.05) is 4.70 Å². The lowest BCUT2D eigenvalue weighted by molar-refractivity contribution is 0.0701. The molecule has 4 heteroatoms. The number of aromatic carboxylic acids is 1. The van der Waals surface area contributed by atoms with Crippen LogP contribution in [0.4, 0.5) is 4.39 Å². The normalized spacial score (nSPS) is 10.7. The van der Waals surface area contributed by atoms with Crippen LogP contribution in [0.2, 0.25) is 0 Å². The van der Waals surface area contributed by atoms with Crippen molar-refractivity contribution in [2.24, 2.45) is 0 Å². The molecule has 0 bridgehead atoms. The quantitative estimate of drug-likeness (QED) is 0.785.